The van der Waals surface area contributed by atoms with Crippen molar-refractivity contribution < 1.29 is 68.7 Å². The third-order valence-corrected chi connectivity index (χ3v) is 1.20. The molecular weight excluding hydrogens is 183 g/mol. The van der Waals surface area contributed by atoms with Crippen LogP contribution >= 0.6 is 0 Å². The summed E-state index contributed by atoms with van der Waals surface area (Å²) in [7, 11) is 0. The molecule has 0 aliphatic heterocycles. The number of halogens is 3. The molecule has 0 aromatic carbocycles. The quantitative estimate of drug-likeness (QED) is 0.496. The smallest absolute Gasteiger partial charge is 0.501 e. The zero-order valence-corrected chi connectivity index (χ0v) is 9.40. The maximum atomic E-state index is 11.9. The molecule has 56 valence electrons. The predicted octanol–water partition coefficient (Wildman–Crippen LogP) is -1.35. The van der Waals surface area contributed by atoms with Gasteiger partial charge >= 0.3 is 58.4 Å². The summed E-state index contributed by atoms with van der Waals surface area (Å²) in [6.45, 7) is -3.59. The van der Waals surface area contributed by atoms with Crippen LogP contribution in [0.3, 0.4) is 0 Å². The van der Waals surface area contributed by atoms with Gasteiger partial charge in [0.2, 0.25) is 0 Å². The largest absolute Gasteiger partial charge is 1.00 e. The van der Waals surface area contributed by atoms with Crippen molar-refractivity contribution in [2.24, 2.45) is 0 Å². The van der Waals surface area contributed by atoms with E-state index in [4.69, 9.17) is 0 Å². The molecule has 1 nitrogen and oxygen atoms in total. The van der Waals surface area contributed by atoms with E-state index in [1.165, 1.54) is 13.0 Å². The fraction of sp³-hybridized carbons (Fsp3) is 0.200. The van der Waals surface area contributed by atoms with Gasteiger partial charge in [-0.3, -0.25) is 0 Å². The Kier molecular flexibility index (Phi) is 4.42. The van der Waals surface area contributed by atoms with Gasteiger partial charge in [0.1, 0.15) is 0 Å². The molecule has 1 heterocycles. The molecule has 0 radical (unpaired) electrons. The van der Waals surface area contributed by atoms with Gasteiger partial charge in [0.05, 0.1) is 11.9 Å². The van der Waals surface area contributed by atoms with Gasteiger partial charge in [0.15, 0.2) is 0 Å². The molecule has 0 aliphatic carbocycles. The Balaban J connectivity index is 0.000001000. The molecule has 1 rings (SSSR count). The second-order valence-corrected chi connectivity index (χ2v) is 2.04. The standard InChI is InChI=1S/C5H5BF3O.K/c1-4-2-3-10-5(4)6(7,8)9;/h2-3H,1H3;/q-1;+1. The van der Waals surface area contributed by atoms with E-state index in [2.05, 4.69) is 4.42 Å². The number of hydrogen-bond acceptors (Lipinski definition) is 1. The van der Waals surface area contributed by atoms with E-state index in [1.807, 2.05) is 0 Å². The zero-order valence-electron chi connectivity index (χ0n) is 6.27. The van der Waals surface area contributed by atoms with E-state index in [0.29, 0.717) is 0 Å². The van der Waals surface area contributed by atoms with Gasteiger partial charge in [-0.2, -0.15) is 0 Å². The first-order chi connectivity index (χ1) is 4.52. The first-order valence-corrected chi connectivity index (χ1v) is 2.76. The van der Waals surface area contributed by atoms with Crippen molar-refractivity contribution in [1.82, 2.24) is 0 Å². The second kappa shape index (κ2) is 4.13. The summed E-state index contributed by atoms with van der Waals surface area (Å²) in [4.78, 5) is 0. The summed E-state index contributed by atoms with van der Waals surface area (Å²) in [5.74, 6) is 0. The summed E-state index contributed by atoms with van der Waals surface area (Å²) in [5.41, 5.74) is -0.701. The van der Waals surface area contributed by atoms with Gasteiger partial charge in [-0.25, -0.2) is 0 Å². The third kappa shape index (κ3) is 2.95. The summed E-state index contributed by atoms with van der Waals surface area (Å²) in [6.07, 6.45) is 1.04. The van der Waals surface area contributed by atoms with E-state index >= 15 is 0 Å². The first-order valence-electron chi connectivity index (χ1n) is 2.76. The van der Waals surface area contributed by atoms with Crippen LogP contribution in [0.25, 0.3) is 0 Å². The van der Waals surface area contributed by atoms with Crippen LogP contribution < -0.4 is 57.0 Å². The summed E-state index contributed by atoms with van der Waals surface area (Å²) >= 11 is 0. The minimum Gasteiger partial charge on any atom is -0.501 e. The molecule has 0 saturated heterocycles. The molecule has 6 heteroatoms. The summed E-state index contributed by atoms with van der Waals surface area (Å²) in [5, 5.41) is 0. The van der Waals surface area contributed by atoms with Crippen LogP contribution in [0.15, 0.2) is 16.7 Å². The molecule has 0 saturated carbocycles. The Hall–Kier alpha value is 0.771. The average Bonchev–Trinajstić information content (AvgIpc) is 2.11. The molecule has 0 aliphatic rings. The molecule has 0 N–H and O–H groups in total. The molecular formula is C5H5BF3KO. The number of rotatable bonds is 1. The van der Waals surface area contributed by atoms with Crippen molar-refractivity contribution >= 4 is 12.6 Å². The fourth-order valence-electron chi connectivity index (χ4n) is 0.720. The van der Waals surface area contributed by atoms with Gasteiger partial charge in [0, 0.05) is 0 Å². The molecule has 1 aromatic rings. The molecule has 11 heavy (non-hydrogen) atoms. The van der Waals surface area contributed by atoms with Crippen molar-refractivity contribution in [3.05, 3.63) is 17.9 Å². The minimum atomic E-state index is -4.96. The monoisotopic (exact) mass is 188 g/mol. The summed E-state index contributed by atoms with van der Waals surface area (Å²) < 4.78 is 39.8. The molecule has 0 amide bonds. The van der Waals surface area contributed by atoms with Crippen LogP contribution in [0.2, 0.25) is 0 Å². The number of aryl methyl sites for hydroxylation is 1. The maximum Gasteiger partial charge on any atom is 1.00 e. The fourth-order valence-corrected chi connectivity index (χ4v) is 0.720. The van der Waals surface area contributed by atoms with Gasteiger partial charge in [0.25, 0.3) is 0 Å². The van der Waals surface area contributed by atoms with Gasteiger partial charge in [-0.05, 0) is 18.6 Å². The van der Waals surface area contributed by atoms with E-state index in [9.17, 15) is 12.9 Å². The van der Waals surface area contributed by atoms with E-state index in [-0.39, 0.29) is 56.9 Å². The number of furan rings is 1. The van der Waals surface area contributed by atoms with Crippen LogP contribution in [0.5, 0.6) is 0 Å². The molecule has 0 atom stereocenters. The normalized spacial score (nSPS) is 10.9. The van der Waals surface area contributed by atoms with Crippen LogP contribution in [0, 0.1) is 6.92 Å². The molecule has 0 fully saturated rings. The molecule has 1 aromatic heterocycles. The van der Waals surface area contributed by atoms with Crippen molar-refractivity contribution in [3.63, 3.8) is 0 Å². The average molecular weight is 188 g/mol. The Morgan fingerprint density at radius 1 is 1.36 bits per heavy atom. The van der Waals surface area contributed by atoms with E-state index in [1.54, 1.807) is 0 Å². The third-order valence-electron chi connectivity index (χ3n) is 1.20. The van der Waals surface area contributed by atoms with Gasteiger partial charge in [-0.1, -0.05) is 0 Å². The Labute approximate surface area is 105 Å². The maximum absolute atomic E-state index is 11.9. The Morgan fingerprint density at radius 2 is 1.91 bits per heavy atom. The van der Waals surface area contributed by atoms with Crippen molar-refractivity contribution in [3.8, 4) is 0 Å². The summed E-state index contributed by atoms with van der Waals surface area (Å²) in [6, 6.07) is 1.30. The minimum absolute atomic E-state index is 0. The van der Waals surface area contributed by atoms with Crippen molar-refractivity contribution in [2.45, 2.75) is 6.92 Å². The van der Waals surface area contributed by atoms with E-state index < -0.39 is 12.6 Å². The van der Waals surface area contributed by atoms with Crippen molar-refractivity contribution in [1.29, 1.82) is 0 Å². The van der Waals surface area contributed by atoms with Crippen LogP contribution in [0.1, 0.15) is 5.56 Å². The molecule has 0 unspecified atom stereocenters. The number of hydrogen-bond donors (Lipinski definition) is 0. The topological polar surface area (TPSA) is 13.1 Å². The Bertz CT molecular complexity index is 232. The molecule has 0 bridgehead atoms. The zero-order chi connectivity index (χ0) is 7.78. The van der Waals surface area contributed by atoms with Gasteiger partial charge < -0.3 is 17.4 Å². The Morgan fingerprint density at radius 3 is 2.09 bits per heavy atom. The first kappa shape index (κ1) is 11.8. The van der Waals surface area contributed by atoms with Crippen molar-refractivity contribution in [2.75, 3.05) is 0 Å². The predicted molar refractivity (Wildman–Crippen MR) is 32.2 cm³/mol. The van der Waals surface area contributed by atoms with Crippen LogP contribution in [0.4, 0.5) is 12.9 Å². The van der Waals surface area contributed by atoms with Crippen LogP contribution in [-0.2, 0) is 0 Å². The second-order valence-electron chi connectivity index (χ2n) is 2.04. The van der Waals surface area contributed by atoms with Crippen LogP contribution in [-0.4, -0.2) is 6.98 Å². The van der Waals surface area contributed by atoms with Gasteiger partial charge in [-0.15, -0.1) is 0 Å². The SMILES string of the molecule is Cc1ccoc1[B-](F)(F)F.[K+]. The molecule has 0 spiro atoms. The van der Waals surface area contributed by atoms with E-state index in [0.717, 1.165) is 6.26 Å².